The first kappa shape index (κ1) is 23.6. The number of hydrogen-bond donors (Lipinski definition) is 1. The Morgan fingerprint density at radius 2 is 2.00 bits per heavy atom. The van der Waals surface area contributed by atoms with Gasteiger partial charge in [0.2, 0.25) is 0 Å². The standard InChI is InChI=1S/C27H33F2N5O2/c28-27(29)6-8-33(9-7-27)14-18-11-20(12-18)34-15-23(24-25(30)31-17-32-26(24)34)19-3-1-4-21(13-19)36-16-22-5-2-10-35-22/h1,3-4,13,15,17-18,20,22H,2,5-12,14,16H2,(H2,30,31,32). The molecule has 4 heterocycles. The van der Waals surface area contributed by atoms with Gasteiger partial charge in [0.25, 0.3) is 5.92 Å². The number of halogens is 2. The van der Waals surface area contributed by atoms with E-state index in [4.69, 9.17) is 15.2 Å². The summed E-state index contributed by atoms with van der Waals surface area (Å²) in [6.07, 6.45) is 7.89. The van der Waals surface area contributed by atoms with Gasteiger partial charge in [-0.05, 0) is 49.3 Å². The van der Waals surface area contributed by atoms with Gasteiger partial charge in [-0.25, -0.2) is 18.7 Å². The van der Waals surface area contributed by atoms with E-state index in [0.29, 0.717) is 37.5 Å². The molecule has 1 atom stereocenters. The summed E-state index contributed by atoms with van der Waals surface area (Å²) in [7, 11) is 0. The van der Waals surface area contributed by atoms with Crippen LogP contribution in [0.5, 0.6) is 5.75 Å². The smallest absolute Gasteiger partial charge is 0.250 e. The van der Waals surface area contributed by atoms with Gasteiger partial charge in [0.05, 0.1) is 11.5 Å². The highest BCUT2D eigenvalue weighted by molar-refractivity contribution is 6.00. The highest BCUT2D eigenvalue weighted by atomic mass is 19.3. The third-order valence-electron chi connectivity index (χ3n) is 7.95. The van der Waals surface area contributed by atoms with Crippen molar-refractivity contribution in [3.8, 4) is 16.9 Å². The fraction of sp³-hybridized carbons (Fsp3) is 0.556. The van der Waals surface area contributed by atoms with Crippen LogP contribution in [0, 0.1) is 5.92 Å². The number of nitrogen functional groups attached to an aromatic ring is 1. The Bertz CT molecular complexity index is 1210. The van der Waals surface area contributed by atoms with Crippen LogP contribution in [-0.2, 0) is 4.74 Å². The lowest BCUT2D eigenvalue weighted by Crippen LogP contribution is -2.44. The number of fused-ring (bicyclic) bond motifs is 1. The molecule has 0 bridgehead atoms. The molecule has 3 aromatic rings. The molecule has 7 nitrogen and oxygen atoms in total. The van der Waals surface area contributed by atoms with Crippen molar-refractivity contribution >= 4 is 16.9 Å². The first-order chi connectivity index (χ1) is 17.4. The number of alkyl halides is 2. The van der Waals surface area contributed by atoms with Crippen molar-refractivity contribution in [2.75, 3.05) is 38.6 Å². The van der Waals surface area contributed by atoms with Gasteiger partial charge in [0.1, 0.15) is 30.1 Å². The second-order valence-corrected chi connectivity index (χ2v) is 10.5. The molecule has 2 N–H and O–H groups in total. The molecule has 0 radical (unpaired) electrons. The maximum Gasteiger partial charge on any atom is 0.250 e. The predicted molar refractivity (Wildman–Crippen MR) is 134 cm³/mol. The second-order valence-electron chi connectivity index (χ2n) is 10.5. The average Bonchev–Trinajstić information content (AvgIpc) is 3.50. The summed E-state index contributed by atoms with van der Waals surface area (Å²) >= 11 is 0. The average molecular weight is 498 g/mol. The van der Waals surface area contributed by atoms with Crippen LogP contribution in [0.1, 0.15) is 44.6 Å². The molecule has 2 saturated heterocycles. The number of nitrogens with zero attached hydrogens (tertiary/aromatic N) is 4. The summed E-state index contributed by atoms with van der Waals surface area (Å²) in [4.78, 5) is 11.0. The fourth-order valence-electron chi connectivity index (χ4n) is 5.83. The van der Waals surface area contributed by atoms with Crippen molar-refractivity contribution in [3.05, 3.63) is 36.8 Å². The lowest BCUT2D eigenvalue weighted by Gasteiger charge is -2.41. The van der Waals surface area contributed by atoms with E-state index in [0.717, 1.165) is 66.7 Å². The van der Waals surface area contributed by atoms with Crippen molar-refractivity contribution in [3.63, 3.8) is 0 Å². The number of piperidine rings is 1. The molecule has 192 valence electrons. The molecule has 0 amide bonds. The topological polar surface area (TPSA) is 78.4 Å². The maximum absolute atomic E-state index is 13.5. The Morgan fingerprint density at radius 3 is 2.78 bits per heavy atom. The van der Waals surface area contributed by atoms with Gasteiger partial charge in [-0.15, -0.1) is 0 Å². The molecule has 2 aliphatic heterocycles. The van der Waals surface area contributed by atoms with Gasteiger partial charge in [0.15, 0.2) is 0 Å². The van der Waals surface area contributed by atoms with E-state index in [9.17, 15) is 8.78 Å². The summed E-state index contributed by atoms with van der Waals surface area (Å²) in [5.41, 5.74) is 9.18. The van der Waals surface area contributed by atoms with E-state index in [1.54, 1.807) is 0 Å². The summed E-state index contributed by atoms with van der Waals surface area (Å²) in [6.45, 7) is 3.22. The van der Waals surface area contributed by atoms with Crippen molar-refractivity contribution in [2.24, 2.45) is 5.92 Å². The fourth-order valence-corrected chi connectivity index (χ4v) is 5.83. The highest BCUT2D eigenvalue weighted by Gasteiger charge is 2.38. The van der Waals surface area contributed by atoms with Crippen LogP contribution in [0.2, 0.25) is 0 Å². The summed E-state index contributed by atoms with van der Waals surface area (Å²) in [5, 5.41) is 0.857. The molecule has 0 spiro atoms. The van der Waals surface area contributed by atoms with Crippen LogP contribution in [0.3, 0.4) is 0 Å². The van der Waals surface area contributed by atoms with Gasteiger partial charge in [-0.1, -0.05) is 12.1 Å². The number of nitrogens with two attached hydrogens (primary N) is 1. The van der Waals surface area contributed by atoms with Crippen molar-refractivity contribution in [2.45, 2.75) is 56.6 Å². The van der Waals surface area contributed by atoms with Crippen LogP contribution in [0.4, 0.5) is 14.6 Å². The summed E-state index contributed by atoms with van der Waals surface area (Å²) < 4.78 is 40.9. The zero-order valence-corrected chi connectivity index (χ0v) is 20.4. The lowest BCUT2D eigenvalue weighted by molar-refractivity contribution is -0.0603. The number of anilines is 1. The third kappa shape index (κ3) is 4.78. The SMILES string of the molecule is Nc1ncnc2c1c(-c1cccc(OCC3CCCO3)c1)cn2C1CC(CN2CCC(F)(F)CC2)C1. The van der Waals surface area contributed by atoms with Gasteiger partial charge in [0, 0.05) is 56.9 Å². The molecular weight excluding hydrogens is 464 g/mol. The maximum atomic E-state index is 13.5. The van der Waals surface area contributed by atoms with Crippen LogP contribution in [0.15, 0.2) is 36.8 Å². The highest BCUT2D eigenvalue weighted by Crippen LogP contribution is 2.44. The largest absolute Gasteiger partial charge is 0.491 e. The number of aromatic nitrogens is 3. The molecule has 1 aliphatic carbocycles. The Hall–Kier alpha value is -2.78. The van der Waals surface area contributed by atoms with Crippen molar-refractivity contribution in [1.82, 2.24) is 19.4 Å². The second kappa shape index (κ2) is 9.59. The monoisotopic (exact) mass is 497 g/mol. The Kier molecular flexibility index (Phi) is 6.29. The Morgan fingerprint density at radius 1 is 1.17 bits per heavy atom. The lowest BCUT2D eigenvalue weighted by atomic mass is 9.79. The van der Waals surface area contributed by atoms with Crippen LogP contribution in [0.25, 0.3) is 22.2 Å². The van der Waals surface area contributed by atoms with Gasteiger partial charge in [-0.3, -0.25) is 0 Å². The first-order valence-corrected chi connectivity index (χ1v) is 13.0. The van der Waals surface area contributed by atoms with Crippen LogP contribution < -0.4 is 10.5 Å². The number of hydrogen-bond acceptors (Lipinski definition) is 6. The summed E-state index contributed by atoms with van der Waals surface area (Å²) in [6, 6.07) is 8.36. The quantitative estimate of drug-likeness (QED) is 0.499. The van der Waals surface area contributed by atoms with E-state index in [-0.39, 0.29) is 18.9 Å². The van der Waals surface area contributed by atoms with E-state index in [1.165, 1.54) is 6.33 Å². The molecule has 9 heteroatoms. The van der Waals surface area contributed by atoms with E-state index >= 15 is 0 Å². The number of benzene rings is 1. The van der Waals surface area contributed by atoms with E-state index in [1.807, 2.05) is 18.2 Å². The van der Waals surface area contributed by atoms with Gasteiger partial charge < -0.3 is 24.7 Å². The first-order valence-electron chi connectivity index (χ1n) is 13.0. The zero-order chi connectivity index (χ0) is 24.7. The minimum absolute atomic E-state index is 0.0264. The molecule has 1 unspecified atom stereocenters. The molecule has 1 saturated carbocycles. The molecule has 36 heavy (non-hydrogen) atoms. The molecule has 2 aromatic heterocycles. The van der Waals surface area contributed by atoms with Crippen LogP contribution in [-0.4, -0.2) is 64.3 Å². The Labute approximate surface area is 209 Å². The Balaban J connectivity index is 1.18. The van der Waals surface area contributed by atoms with Crippen molar-refractivity contribution in [1.29, 1.82) is 0 Å². The van der Waals surface area contributed by atoms with Gasteiger partial charge in [-0.2, -0.15) is 0 Å². The van der Waals surface area contributed by atoms with Crippen LogP contribution >= 0.6 is 0 Å². The number of rotatable bonds is 7. The minimum atomic E-state index is -2.49. The van der Waals surface area contributed by atoms with Gasteiger partial charge >= 0.3 is 0 Å². The number of likely N-dealkylation sites (tertiary alicyclic amines) is 1. The van der Waals surface area contributed by atoms with E-state index in [2.05, 4.69) is 31.7 Å². The molecule has 3 fully saturated rings. The number of ether oxygens (including phenoxy) is 2. The molecule has 1 aromatic carbocycles. The summed E-state index contributed by atoms with van der Waals surface area (Å²) in [5.74, 6) is -0.721. The van der Waals surface area contributed by atoms with Crippen molar-refractivity contribution < 1.29 is 18.3 Å². The third-order valence-corrected chi connectivity index (χ3v) is 7.95. The minimum Gasteiger partial charge on any atom is -0.491 e. The van der Waals surface area contributed by atoms with E-state index < -0.39 is 5.92 Å². The zero-order valence-electron chi connectivity index (χ0n) is 20.4. The molecule has 6 rings (SSSR count). The normalized spacial score (nSPS) is 26.2. The molecular formula is C27H33F2N5O2. The predicted octanol–water partition coefficient (Wildman–Crippen LogP) is 4.92. The molecule has 3 aliphatic rings.